The molecule has 0 aliphatic heterocycles. The summed E-state index contributed by atoms with van der Waals surface area (Å²) in [4.78, 5) is 26.8. The Labute approximate surface area is 159 Å². The Morgan fingerprint density at radius 3 is 2.50 bits per heavy atom. The van der Waals surface area contributed by atoms with E-state index in [0.29, 0.717) is 17.1 Å². The third-order valence-corrected chi connectivity index (χ3v) is 4.41. The SMILES string of the molecule is COC(=O)c1sc(C#CC(C)(C)C)cc1N[C@H](C=O)[C@H](CN(C)C)OC. The number of methoxy groups -OCH3 is 2. The minimum atomic E-state index is -0.608. The lowest BCUT2D eigenvalue weighted by molar-refractivity contribution is -0.111. The number of rotatable bonds is 8. The van der Waals surface area contributed by atoms with Gasteiger partial charge < -0.3 is 24.5 Å². The van der Waals surface area contributed by atoms with Gasteiger partial charge in [0, 0.05) is 19.1 Å². The number of anilines is 1. The van der Waals surface area contributed by atoms with E-state index in [1.54, 1.807) is 13.2 Å². The molecule has 7 heteroatoms. The van der Waals surface area contributed by atoms with E-state index in [1.807, 2.05) is 39.8 Å². The smallest absolute Gasteiger partial charge is 0.350 e. The lowest BCUT2D eigenvalue weighted by Crippen LogP contribution is -2.43. The molecule has 2 atom stereocenters. The van der Waals surface area contributed by atoms with Crippen LogP contribution in [0.2, 0.25) is 0 Å². The maximum absolute atomic E-state index is 12.1. The first-order valence-corrected chi connectivity index (χ1v) is 9.07. The van der Waals surface area contributed by atoms with Crippen LogP contribution in [0.4, 0.5) is 5.69 Å². The van der Waals surface area contributed by atoms with Crippen LogP contribution in [-0.2, 0) is 14.3 Å². The summed E-state index contributed by atoms with van der Waals surface area (Å²) in [6.07, 6.45) is 0.425. The van der Waals surface area contributed by atoms with Crippen molar-refractivity contribution in [3.63, 3.8) is 0 Å². The molecule has 0 fully saturated rings. The van der Waals surface area contributed by atoms with E-state index in [4.69, 9.17) is 9.47 Å². The van der Waals surface area contributed by atoms with Gasteiger partial charge in [-0.3, -0.25) is 0 Å². The van der Waals surface area contributed by atoms with Gasteiger partial charge in [-0.1, -0.05) is 11.8 Å². The summed E-state index contributed by atoms with van der Waals surface area (Å²) < 4.78 is 10.3. The third kappa shape index (κ3) is 6.79. The van der Waals surface area contributed by atoms with Crippen molar-refractivity contribution < 1.29 is 19.1 Å². The summed E-state index contributed by atoms with van der Waals surface area (Å²) in [5.41, 5.74) is 0.374. The molecule has 0 aromatic carbocycles. The van der Waals surface area contributed by atoms with Crippen LogP contribution in [0, 0.1) is 17.3 Å². The first-order valence-electron chi connectivity index (χ1n) is 8.26. The van der Waals surface area contributed by atoms with Gasteiger partial charge in [-0.05, 0) is 40.9 Å². The lowest BCUT2D eigenvalue weighted by Gasteiger charge is -2.26. The van der Waals surface area contributed by atoms with E-state index >= 15 is 0 Å². The second-order valence-corrected chi connectivity index (χ2v) is 8.24. The fourth-order valence-corrected chi connectivity index (χ4v) is 3.04. The minimum absolute atomic E-state index is 0.152. The Balaban J connectivity index is 3.18. The van der Waals surface area contributed by atoms with E-state index in [-0.39, 0.29) is 11.5 Å². The fourth-order valence-electron chi connectivity index (χ4n) is 2.14. The molecule has 1 heterocycles. The number of hydrogen-bond donors (Lipinski definition) is 1. The van der Waals surface area contributed by atoms with Gasteiger partial charge in [-0.2, -0.15) is 0 Å². The average Bonchev–Trinajstić information content (AvgIpc) is 2.97. The van der Waals surface area contributed by atoms with Crippen molar-refractivity contribution in [2.45, 2.75) is 32.9 Å². The third-order valence-electron chi connectivity index (χ3n) is 3.38. The van der Waals surface area contributed by atoms with Crippen LogP contribution in [0.15, 0.2) is 6.07 Å². The Bertz CT molecular complexity index is 680. The maximum atomic E-state index is 12.1. The number of likely N-dealkylation sites (N-methyl/N-ethyl adjacent to an activating group) is 1. The van der Waals surface area contributed by atoms with Crippen LogP contribution < -0.4 is 5.32 Å². The fraction of sp³-hybridized carbons (Fsp3) is 0.579. The zero-order valence-corrected chi connectivity index (χ0v) is 17.3. The molecule has 144 valence electrons. The largest absolute Gasteiger partial charge is 0.465 e. The summed E-state index contributed by atoms with van der Waals surface area (Å²) in [7, 11) is 6.69. The molecule has 0 aliphatic rings. The van der Waals surface area contributed by atoms with E-state index in [2.05, 4.69) is 17.2 Å². The molecule has 0 saturated carbocycles. The maximum Gasteiger partial charge on any atom is 0.350 e. The molecule has 1 aromatic heterocycles. The molecule has 0 saturated heterocycles. The summed E-state index contributed by atoms with van der Waals surface area (Å²) in [6.45, 7) is 6.60. The molecular weight excluding hydrogens is 352 g/mol. The highest BCUT2D eigenvalue weighted by Crippen LogP contribution is 2.29. The molecule has 0 spiro atoms. The molecule has 26 heavy (non-hydrogen) atoms. The molecule has 6 nitrogen and oxygen atoms in total. The molecular formula is C19H28N2O4S. The van der Waals surface area contributed by atoms with Gasteiger partial charge in [-0.15, -0.1) is 11.3 Å². The van der Waals surface area contributed by atoms with Crippen LogP contribution in [0.25, 0.3) is 0 Å². The van der Waals surface area contributed by atoms with Crippen molar-refractivity contribution in [3.05, 3.63) is 15.8 Å². The molecule has 0 amide bonds. The van der Waals surface area contributed by atoms with Gasteiger partial charge in [0.2, 0.25) is 0 Å². The highest BCUT2D eigenvalue weighted by Gasteiger charge is 2.25. The van der Waals surface area contributed by atoms with Crippen molar-refractivity contribution >= 4 is 29.3 Å². The van der Waals surface area contributed by atoms with Gasteiger partial charge in [-0.25, -0.2) is 4.79 Å². The zero-order chi connectivity index (χ0) is 19.9. The predicted octanol–water partition coefficient (Wildman–Crippen LogP) is 2.49. The topological polar surface area (TPSA) is 67.9 Å². The molecule has 0 unspecified atom stereocenters. The van der Waals surface area contributed by atoms with Crippen LogP contribution in [0.5, 0.6) is 0 Å². The van der Waals surface area contributed by atoms with Crippen molar-refractivity contribution in [2.75, 3.05) is 40.2 Å². The monoisotopic (exact) mass is 380 g/mol. The van der Waals surface area contributed by atoms with Crippen molar-refractivity contribution in [1.29, 1.82) is 0 Å². The summed E-state index contributed by atoms with van der Waals surface area (Å²) in [5, 5.41) is 3.11. The van der Waals surface area contributed by atoms with Crippen LogP contribution >= 0.6 is 11.3 Å². The molecule has 0 aliphatic carbocycles. The number of aldehydes is 1. The van der Waals surface area contributed by atoms with Gasteiger partial charge in [0.25, 0.3) is 0 Å². The highest BCUT2D eigenvalue weighted by molar-refractivity contribution is 7.15. The van der Waals surface area contributed by atoms with Crippen molar-refractivity contribution in [1.82, 2.24) is 4.90 Å². The number of carbonyl (C=O) groups is 2. The quantitative estimate of drug-likeness (QED) is 0.425. The highest BCUT2D eigenvalue weighted by atomic mass is 32.1. The van der Waals surface area contributed by atoms with Crippen LogP contribution in [-0.4, -0.2) is 64.2 Å². The predicted molar refractivity (Wildman–Crippen MR) is 105 cm³/mol. The molecule has 1 aromatic rings. The summed E-state index contributed by atoms with van der Waals surface area (Å²) in [6, 6.07) is 1.16. The van der Waals surface area contributed by atoms with Gasteiger partial charge in [0.05, 0.1) is 23.8 Å². The minimum Gasteiger partial charge on any atom is -0.465 e. The van der Waals surface area contributed by atoms with Gasteiger partial charge >= 0.3 is 5.97 Å². The first-order chi connectivity index (χ1) is 12.1. The Hall–Kier alpha value is -1.88. The molecule has 1 N–H and O–H groups in total. The van der Waals surface area contributed by atoms with E-state index in [1.165, 1.54) is 18.4 Å². The van der Waals surface area contributed by atoms with Crippen molar-refractivity contribution in [3.8, 4) is 11.8 Å². The van der Waals surface area contributed by atoms with E-state index < -0.39 is 12.0 Å². The Kier molecular flexibility index (Phi) is 8.28. The Morgan fingerprint density at radius 1 is 1.38 bits per heavy atom. The first kappa shape index (κ1) is 22.2. The molecule has 0 radical (unpaired) electrons. The van der Waals surface area contributed by atoms with E-state index in [9.17, 15) is 9.59 Å². The zero-order valence-electron chi connectivity index (χ0n) is 16.5. The van der Waals surface area contributed by atoms with E-state index in [0.717, 1.165) is 11.2 Å². The standard InChI is InChI=1S/C19H28N2O4S/c1-19(2,3)9-8-13-10-14(17(26-13)18(23)25-7)20-15(12-22)16(24-6)11-21(4)5/h10,12,15-16,20H,11H2,1-7H3/t15-,16+/m1/s1. The Morgan fingerprint density at radius 2 is 2.04 bits per heavy atom. The molecule has 0 bridgehead atoms. The summed E-state index contributed by atoms with van der Waals surface area (Å²) in [5.74, 6) is 5.76. The second kappa shape index (κ2) is 9.72. The number of hydrogen-bond acceptors (Lipinski definition) is 7. The number of thiophene rings is 1. The molecule has 1 rings (SSSR count). The number of nitrogens with one attached hydrogen (secondary N) is 1. The number of nitrogens with zero attached hydrogens (tertiary/aromatic N) is 1. The van der Waals surface area contributed by atoms with Gasteiger partial charge in [0.1, 0.15) is 17.2 Å². The lowest BCUT2D eigenvalue weighted by atomic mass is 9.98. The number of carbonyl (C=O) groups excluding carboxylic acids is 2. The number of ether oxygens (including phenoxy) is 2. The second-order valence-electron chi connectivity index (χ2n) is 7.19. The summed E-state index contributed by atoms with van der Waals surface area (Å²) >= 11 is 1.24. The average molecular weight is 381 g/mol. The van der Waals surface area contributed by atoms with Gasteiger partial charge in [0.15, 0.2) is 0 Å². The van der Waals surface area contributed by atoms with Crippen LogP contribution in [0.3, 0.4) is 0 Å². The number of esters is 1. The normalized spacial score (nSPS) is 13.5. The van der Waals surface area contributed by atoms with Crippen molar-refractivity contribution in [2.24, 2.45) is 5.41 Å². The van der Waals surface area contributed by atoms with Crippen LogP contribution in [0.1, 0.15) is 35.3 Å².